The molecule has 98 valence electrons. The zero-order chi connectivity index (χ0) is 13.2. The topological polar surface area (TPSA) is 67.0 Å². The van der Waals surface area contributed by atoms with Crippen LogP contribution < -0.4 is 5.32 Å². The largest absolute Gasteiger partial charge is 0.376 e. The molecule has 2 aromatic rings. The lowest BCUT2D eigenvalue weighted by Crippen LogP contribution is -2.17. The fraction of sp³-hybridized carbons (Fsp3) is 0.231. The Hall–Kier alpha value is -1.85. The highest BCUT2D eigenvalue weighted by Gasteiger charge is 2.22. The number of anilines is 1. The molecule has 0 saturated heterocycles. The van der Waals surface area contributed by atoms with Crippen LogP contribution in [0.25, 0.3) is 0 Å². The van der Waals surface area contributed by atoms with Crippen molar-refractivity contribution in [3.63, 3.8) is 0 Å². The summed E-state index contributed by atoms with van der Waals surface area (Å²) in [6, 6.07) is 7.09. The summed E-state index contributed by atoms with van der Waals surface area (Å²) >= 11 is 6.01. The zero-order valence-electron chi connectivity index (χ0n) is 10.1. The van der Waals surface area contributed by atoms with Gasteiger partial charge < -0.3 is 10.1 Å². The van der Waals surface area contributed by atoms with Gasteiger partial charge in [0.2, 0.25) is 0 Å². The highest BCUT2D eigenvalue weighted by molar-refractivity contribution is 6.33. The van der Waals surface area contributed by atoms with Gasteiger partial charge in [-0.2, -0.15) is 5.10 Å². The molecule has 2 heterocycles. The molecule has 1 aromatic heterocycles. The van der Waals surface area contributed by atoms with Crippen LogP contribution >= 0.6 is 11.6 Å². The standard InChI is InChI=1S/C13H12ClN3O2/c14-9-3-1-2-4-11(9)15-13(18)12-8-7-19-6-5-10(8)16-17-12/h1-4H,5-7H2,(H,15,18)(H,16,17). The van der Waals surface area contributed by atoms with Crippen LogP contribution in [0.1, 0.15) is 21.7 Å². The molecule has 2 N–H and O–H groups in total. The molecule has 0 fully saturated rings. The third kappa shape index (κ3) is 2.34. The molecule has 1 aromatic carbocycles. The second-order valence-electron chi connectivity index (χ2n) is 4.27. The van der Waals surface area contributed by atoms with Crippen LogP contribution in [-0.4, -0.2) is 22.7 Å². The predicted octanol–water partition coefficient (Wildman–Crippen LogP) is 2.39. The fourth-order valence-electron chi connectivity index (χ4n) is 2.04. The lowest BCUT2D eigenvalue weighted by atomic mass is 10.1. The maximum absolute atomic E-state index is 12.2. The summed E-state index contributed by atoms with van der Waals surface area (Å²) in [6.07, 6.45) is 0.752. The third-order valence-electron chi connectivity index (χ3n) is 3.03. The van der Waals surface area contributed by atoms with Gasteiger partial charge in [0.05, 0.1) is 23.9 Å². The quantitative estimate of drug-likeness (QED) is 0.886. The number of carbonyl (C=O) groups excluding carboxylic acids is 1. The Morgan fingerprint density at radius 1 is 1.42 bits per heavy atom. The number of para-hydroxylation sites is 1. The molecule has 1 amide bonds. The van der Waals surface area contributed by atoms with Crippen molar-refractivity contribution in [1.82, 2.24) is 10.2 Å². The summed E-state index contributed by atoms with van der Waals surface area (Å²) in [5, 5.41) is 10.2. The Morgan fingerprint density at radius 3 is 3.11 bits per heavy atom. The van der Waals surface area contributed by atoms with Crippen LogP contribution in [-0.2, 0) is 17.8 Å². The number of amides is 1. The molecule has 1 aliphatic heterocycles. The summed E-state index contributed by atoms with van der Waals surface area (Å²) in [4.78, 5) is 12.2. The van der Waals surface area contributed by atoms with Gasteiger partial charge in [0.15, 0.2) is 5.69 Å². The van der Waals surface area contributed by atoms with Gasteiger partial charge in [-0.15, -0.1) is 0 Å². The van der Waals surface area contributed by atoms with E-state index in [1.54, 1.807) is 12.1 Å². The van der Waals surface area contributed by atoms with Crippen LogP contribution in [0.3, 0.4) is 0 Å². The Bertz CT molecular complexity index is 624. The number of benzene rings is 1. The Labute approximate surface area is 114 Å². The maximum atomic E-state index is 12.2. The van der Waals surface area contributed by atoms with Gasteiger partial charge >= 0.3 is 0 Å². The van der Waals surface area contributed by atoms with Crippen molar-refractivity contribution >= 4 is 23.2 Å². The first-order valence-electron chi connectivity index (χ1n) is 5.95. The predicted molar refractivity (Wildman–Crippen MR) is 71.4 cm³/mol. The van der Waals surface area contributed by atoms with Crippen molar-refractivity contribution in [2.75, 3.05) is 11.9 Å². The first kappa shape index (κ1) is 12.2. The van der Waals surface area contributed by atoms with Crippen molar-refractivity contribution < 1.29 is 9.53 Å². The van der Waals surface area contributed by atoms with Crippen LogP contribution in [0.15, 0.2) is 24.3 Å². The van der Waals surface area contributed by atoms with E-state index < -0.39 is 0 Å². The lowest BCUT2D eigenvalue weighted by molar-refractivity contribution is 0.0985. The van der Waals surface area contributed by atoms with E-state index in [0.717, 1.165) is 17.7 Å². The third-order valence-corrected chi connectivity index (χ3v) is 3.36. The molecule has 0 saturated carbocycles. The van der Waals surface area contributed by atoms with E-state index in [9.17, 15) is 4.79 Å². The van der Waals surface area contributed by atoms with E-state index in [-0.39, 0.29) is 5.91 Å². The van der Waals surface area contributed by atoms with Gasteiger partial charge in [0, 0.05) is 17.7 Å². The number of rotatable bonds is 2. The van der Waals surface area contributed by atoms with Crippen LogP contribution in [0.4, 0.5) is 5.69 Å². The second kappa shape index (κ2) is 5.03. The molecule has 0 atom stereocenters. The summed E-state index contributed by atoms with van der Waals surface area (Å²) < 4.78 is 5.35. The molecule has 1 aliphatic rings. The molecular formula is C13H12ClN3O2. The molecule has 0 aliphatic carbocycles. The number of fused-ring (bicyclic) bond motifs is 1. The van der Waals surface area contributed by atoms with Crippen molar-refractivity contribution in [1.29, 1.82) is 0 Å². The molecule has 3 rings (SSSR count). The number of halogens is 1. The van der Waals surface area contributed by atoms with Crippen LogP contribution in [0.2, 0.25) is 5.02 Å². The molecule has 19 heavy (non-hydrogen) atoms. The Kier molecular flexibility index (Phi) is 3.23. The number of aromatic amines is 1. The van der Waals surface area contributed by atoms with Gasteiger partial charge in [-0.1, -0.05) is 23.7 Å². The molecule has 0 bridgehead atoms. The summed E-state index contributed by atoms with van der Waals surface area (Å²) in [5.41, 5.74) is 2.74. The van der Waals surface area contributed by atoms with Gasteiger partial charge in [0.1, 0.15) is 0 Å². The molecule has 0 spiro atoms. The molecule has 5 nitrogen and oxygen atoms in total. The second-order valence-corrected chi connectivity index (χ2v) is 4.67. The van der Waals surface area contributed by atoms with E-state index >= 15 is 0 Å². The van der Waals surface area contributed by atoms with Crippen molar-refractivity contribution in [3.05, 3.63) is 46.2 Å². The van der Waals surface area contributed by atoms with Gasteiger partial charge in [-0.25, -0.2) is 0 Å². The molecule has 0 unspecified atom stereocenters. The van der Waals surface area contributed by atoms with E-state index in [1.165, 1.54) is 0 Å². The molecule has 6 heteroatoms. The minimum absolute atomic E-state index is 0.281. The zero-order valence-corrected chi connectivity index (χ0v) is 10.8. The molecule has 0 radical (unpaired) electrons. The first-order valence-corrected chi connectivity index (χ1v) is 6.33. The Balaban J connectivity index is 1.85. The highest BCUT2D eigenvalue weighted by Crippen LogP contribution is 2.23. The number of carbonyl (C=O) groups is 1. The maximum Gasteiger partial charge on any atom is 0.276 e. The van der Waals surface area contributed by atoms with Gasteiger partial charge in [-0.3, -0.25) is 9.89 Å². The number of nitrogens with one attached hydrogen (secondary N) is 2. The number of nitrogens with zero attached hydrogens (tertiary/aromatic N) is 1. The lowest BCUT2D eigenvalue weighted by Gasteiger charge is -2.12. The van der Waals surface area contributed by atoms with Crippen molar-refractivity contribution in [2.24, 2.45) is 0 Å². The number of ether oxygens (including phenoxy) is 1. The summed E-state index contributed by atoms with van der Waals surface area (Å²) in [7, 11) is 0. The van der Waals surface area contributed by atoms with E-state index in [2.05, 4.69) is 15.5 Å². The van der Waals surface area contributed by atoms with E-state index in [0.29, 0.717) is 29.6 Å². The minimum Gasteiger partial charge on any atom is -0.376 e. The average Bonchev–Trinajstić information content (AvgIpc) is 2.85. The SMILES string of the molecule is O=C(Nc1ccccc1Cl)c1n[nH]c2c1COCC2. The van der Waals surface area contributed by atoms with Crippen molar-refractivity contribution in [2.45, 2.75) is 13.0 Å². The average molecular weight is 278 g/mol. The van der Waals surface area contributed by atoms with Crippen LogP contribution in [0, 0.1) is 0 Å². The number of hydrogen-bond donors (Lipinski definition) is 2. The normalized spacial score (nSPS) is 13.9. The monoisotopic (exact) mass is 277 g/mol. The number of aromatic nitrogens is 2. The smallest absolute Gasteiger partial charge is 0.276 e. The van der Waals surface area contributed by atoms with Crippen molar-refractivity contribution in [3.8, 4) is 0 Å². The fourth-order valence-corrected chi connectivity index (χ4v) is 2.23. The molecular weight excluding hydrogens is 266 g/mol. The van der Waals surface area contributed by atoms with Gasteiger partial charge in [-0.05, 0) is 12.1 Å². The van der Waals surface area contributed by atoms with E-state index in [4.69, 9.17) is 16.3 Å². The highest BCUT2D eigenvalue weighted by atomic mass is 35.5. The number of hydrogen-bond acceptors (Lipinski definition) is 3. The Morgan fingerprint density at radius 2 is 2.26 bits per heavy atom. The van der Waals surface area contributed by atoms with Crippen LogP contribution in [0.5, 0.6) is 0 Å². The minimum atomic E-state index is -0.281. The van der Waals surface area contributed by atoms with E-state index in [1.807, 2.05) is 12.1 Å². The summed E-state index contributed by atoms with van der Waals surface area (Å²) in [6.45, 7) is 1.07. The van der Waals surface area contributed by atoms with Gasteiger partial charge in [0.25, 0.3) is 5.91 Å². The summed E-state index contributed by atoms with van der Waals surface area (Å²) in [5.74, 6) is -0.281. The number of H-pyrrole nitrogens is 1. The first-order chi connectivity index (χ1) is 9.25.